The van der Waals surface area contributed by atoms with E-state index in [1.807, 2.05) is 0 Å². The highest BCUT2D eigenvalue weighted by Crippen LogP contribution is 2.06. The molecular weight excluding hydrogens is 218 g/mol. The Morgan fingerprint density at radius 2 is 2.20 bits per heavy atom. The molecule has 0 saturated carbocycles. The number of amides is 1. The van der Waals surface area contributed by atoms with Crippen LogP contribution < -0.4 is 5.32 Å². The largest absolute Gasteiger partial charge is 0.453 e. The minimum Gasteiger partial charge on any atom is -0.453 e. The summed E-state index contributed by atoms with van der Waals surface area (Å²) in [7, 11) is -1.32. The van der Waals surface area contributed by atoms with Crippen LogP contribution in [0.5, 0.6) is 0 Å². The summed E-state index contributed by atoms with van der Waals surface area (Å²) in [4.78, 5) is 11.0. The summed E-state index contributed by atoms with van der Waals surface area (Å²) in [6.45, 7) is 0.240. The molecule has 15 heavy (non-hydrogen) atoms. The van der Waals surface area contributed by atoms with Crippen LogP contribution in [0.3, 0.4) is 0 Å². The van der Waals surface area contributed by atoms with Gasteiger partial charge in [0.05, 0.1) is 12.0 Å². The number of carbonyl (C=O) groups excluding carboxylic acids is 1. The van der Waals surface area contributed by atoms with Gasteiger partial charge in [-0.15, -0.1) is 0 Å². The lowest BCUT2D eigenvalue weighted by molar-refractivity contribution is 0.170. The first-order chi connectivity index (χ1) is 7.13. The number of methoxy groups -OCH3 is 1. The maximum atomic E-state index is 10.8. The third-order valence-electron chi connectivity index (χ3n) is 1.74. The molecule has 0 aliphatic carbocycles. The molecule has 1 aromatic rings. The maximum absolute atomic E-state index is 10.8. The van der Waals surface area contributed by atoms with Gasteiger partial charge in [-0.25, -0.2) is 13.2 Å². The molecule has 0 bridgehead atoms. The summed E-state index contributed by atoms with van der Waals surface area (Å²) in [5.74, 6) is 0. The summed E-state index contributed by atoms with van der Waals surface area (Å²) in [5, 5.41) is 2.46. The predicted molar refractivity (Wildman–Crippen MR) is 54.3 cm³/mol. The molecule has 82 valence electrons. The Balaban J connectivity index is 2.70. The van der Waals surface area contributed by atoms with Crippen LogP contribution in [-0.2, 0) is 22.0 Å². The average Bonchev–Trinajstić information content (AvgIpc) is 2.26. The number of alkyl carbamates (subject to hydrolysis) is 1. The van der Waals surface area contributed by atoms with Crippen LogP contribution >= 0.6 is 0 Å². The molecule has 0 aromatic heterocycles. The molecule has 0 spiro atoms. The van der Waals surface area contributed by atoms with Crippen molar-refractivity contribution in [1.29, 1.82) is 0 Å². The topological polar surface area (TPSA) is 72.5 Å². The second-order valence-electron chi connectivity index (χ2n) is 2.77. The summed E-state index contributed by atoms with van der Waals surface area (Å²) < 4.78 is 25.7. The summed E-state index contributed by atoms with van der Waals surface area (Å²) >= 11 is 0. The molecule has 1 rings (SSSR count). The molecular formula is C9H11NO4S. The van der Waals surface area contributed by atoms with Crippen molar-refractivity contribution in [3.05, 3.63) is 29.8 Å². The van der Waals surface area contributed by atoms with Gasteiger partial charge in [0.2, 0.25) is 0 Å². The van der Waals surface area contributed by atoms with Gasteiger partial charge in [-0.1, -0.05) is 12.1 Å². The van der Waals surface area contributed by atoms with Crippen LogP contribution in [0.25, 0.3) is 0 Å². The van der Waals surface area contributed by atoms with Crippen LogP contribution in [0.15, 0.2) is 29.2 Å². The Bertz CT molecular complexity index is 420. The van der Waals surface area contributed by atoms with Crippen molar-refractivity contribution in [2.75, 3.05) is 7.11 Å². The maximum Gasteiger partial charge on any atom is 0.407 e. The van der Waals surface area contributed by atoms with Crippen molar-refractivity contribution in [1.82, 2.24) is 5.32 Å². The van der Waals surface area contributed by atoms with Gasteiger partial charge in [0, 0.05) is 6.54 Å². The zero-order valence-electron chi connectivity index (χ0n) is 8.10. The van der Waals surface area contributed by atoms with Crippen molar-refractivity contribution in [3.63, 3.8) is 0 Å². The highest BCUT2D eigenvalue weighted by atomic mass is 32.2. The van der Waals surface area contributed by atoms with E-state index in [1.165, 1.54) is 19.2 Å². The first kappa shape index (κ1) is 11.5. The van der Waals surface area contributed by atoms with Gasteiger partial charge in [0.15, 0.2) is 10.7 Å². The Morgan fingerprint density at radius 1 is 1.47 bits per heavy atom. The van der Waals surface area contributed by atoms with Gasteiger partial charge in [0.25, 0.3) is 0 Å². The molecule has 1 N–H and O–H groups in total. The predicted octanol–water partition coefficient (Wildman–Crippen LogP) is 0.513. The number of hydrogen-bond donors (Lipinski definition) is 2. The van der Waals surface area contributed by atoms with Crippen molar-refractivity contribution in [2.24, 2.45) is 0 Å². The number of ether oxygens (including phenoxy) is 1. The second kappa shape index (κ2) is 5.35. The van der Waals surface area contributed by atoms with E-state index in [-0.39, 0.29) is 11.4 Å². The molecule has 5 nitrogen and oxygen atoms in total. The standard InChI is InChI=1S/C9H11NO4S/c1-14-9(11)10-6-7-3-2-4-8(5-7)15(12)13/h2-5,15H,6H2,1H3,(H,10,11). The van der Waals surface area contributed by atoms with E-state index in [9.17, 15) is 13.2 Å². The summed E-state index contributed by atoms with van der Waals surface area (Å²) in [6, 6.07) is 6.34. The Morgan fingerprint density at radius 3 is 2.80 bits per heavy atom. The first-order valence-corrected chi connectivity index (χ1v) is 5.36. The lowest BCUT2D eigenvalue weighted by Crippen LogP contribution is -2.22. The first-order valence-electron chi connectivity index (χ1n) is 4.18. The Labute approximate surface area is 89.0 Å². The van der Waals surface area contributed by atoms with E-state index in [2.05, 4.69) is 10.1 Å². The van der Waals surface area contributed by atoms with Crippen molar-refractivity contribution >= 4 is 16.8 Å². The molecule has 0 atom stereocenters. The number of thiol groups is 1. The highest BCUT2D eigenvalue weighted by molar-refractivity contribution is 7.72. The van der Waals surface area contributed by atoms with E-state index in [1.54, 1.807) is 12.1 Å². The van der Waals surface area contributed by atoms with Crippen LogP contribution in [0.1, 0.15) is 5.56 Å². The summed E-state index contributed by atoms with van der Waals surface area (Å²) in [5.41, 5.74) is 0.706. The van der Waals surface area contributed by atoms with Gasteiger partial charge < -0.3 is 10.1 Å². The van der Waals surface area contributed by atoms with Crippen LogP contribution in [0.2, 0.25) is 0 Å². The van der Waals surface area contributed by atoms with E-state index >= 15 is 0 Å². The molecule has 0 unspecified atom stereocenters. The molecule has 1 aromatic carbocycles. The van der Waals surface area contributed by atoms with E-state index in [4.69, 9.17) is 0 Å². The van der Waals surface area contributed by atoms with Crippen molar-refractivity contribution < 1.29 is 17.9 Å². The highest BCUT2D eigenvalue weighted by Gasteiger charge is 2.00. The number of benzene rings is 1. The van der Waals surface area contributed by atoms with Gasteiger partial charge in [-0.05, 0) is 17.7 Å². The average molecular weight is 229 g/mol. The zero-order valence-corrected chi connectivity index (χ0v) is 8.99. The van der Waals surface area contributed by atoms with Crippen LogP contribution in [0, 0.1) is 0 Å². The fraction of sp³-hybridized carbons (Fsp3) is 0.222. The monoisotopic (exact) mass is 229 g/mol. The zero-order chi connectivity index (χ0) is 11.3. The van der Waals surface area contributed by atoms with Gasteiger partial charge in [-0.2, -0.15) is 0 Å². The third kappa shape index (κ3) is 3.59. The fourth-order valence-corrected chi connectivity index (χ4v) is 1.51. The third-order valence-corrected chi connectivity index (χ3v) is 2.44. The molecule has 0 heterocycles. The van der Waals surface area contributed by atoms with Crippen LogP contribution in [-0.4, -0.2) is 21.6 Å². The quantitative estimate of drug-likeness (QED) is 0.741. The Kier molecular flexibility index (Phi) is 4.11. The van der Waals surface area contributed by atoms with Gasteiger partial charge >= 0.3 is 6.09 Å². The molecule has 0 saturated heterocycles. The second-order valence-corrected chi connectivity index (χ2v) is 3.80. The summed E-state index contributed by atoms with van der Waals surface area (Å²) in [6.07, 6.45) is -0.549. The number of rotatable bonds is 3. The van der Waals surface area contributed by atoms with Crippen LogP contribution in [0.4, 0.5) is 4.79 Å². The molecule has 0 aliphatic rings. The van der Waals surface area contributed by atoms with Gasteiger partial charge in [-0.3, -0.25) is 0 Å². The van der Waals surface area contributed by atoms with Gasteiger partial charge in [0.1, 0.15) is 0 Å². The van der Waals surface area contributed by atoms with Crippen molar-refractivity contribution in [2.45, 2.75) is 11.4 Å². The molecule has 1 amide bonds. The molecule has 0 radical (unpaired) electrons. The van der Waals surface area contributed by atoms with Crippen molar-refractivity contribution in [3.8, 4) is 0 Å². The molecule has 6 heteroatoms. The SMILES string of the molecule is COC(=O)NCc1cccc([SH](=O)=O)c1. The fourth-order valence-electron chi connectivity index (χ4n) is 1.03. The lowest BCUT2D eigenvalue weighted by atomic mass is 10.2. The Hall–Kier alpha value is -1.56. The normalized spacial score (nSPS) is 10.0. The lowest BCUT2D eigenvalue weighted by Gasteiger charge is -2.03. The minimum atomic E-state index is -2.59. The number of carbonyl (C=O) groups is 1. The number of hydrogen-bond acceptors (Lipinski definition) is 4. The molecule has 0 aliphatic heterocycles. The van der Waals surface area contributed by atoms with E-state index in [0.29, 0.717) is 5.56 Å². The molecule has 0 fully saturated rings. The minimum absolute atomic E-state index is 0.231. The number of nitrogens with one attached hydrogen (secondary N) is 1. The van der Waals surface area contributed by atoms with E-state index in [0.717, 1.165) is 0 Å². The van der Waals surface area contributed by atoms with E-state index < -0.39 is 16.8 Å². The smallest absolute Gasteiger partial charge is 0.407 e.